The summed E-state index contributed by atoms with van der Waals surface area (Å²) >= 11 is 3.39. The first-order chi connectivity index (χ1) is 12.0. The molecule has 1 aromatic carbocycles. The summed E-state index contributed by atoms with van der Waals surface area (Å²) in [6.45, 7) is 1.74. The minimum absolute atomic E-state index is 0.0651. The fourth-order valence-electron chi connectivity index (χ4n) is 2.54. The van der Waals surface area contributed by atoms with Gasteiger partial charge in [-0.15, -0.1) is 5.06 Å². The number of benzene rings is 1. The average Bonchev–Trinajstić information content (AvgIpc) is 3.18. The van der Waals surface area contributed by atoms with Gasteiger partial charge in [0.25, 0.3) is 5.91 Å². The molecule has 0 radical (unpaired) electrons. The second-order valence-corrected chi connectivity index (χ2v) is 6.45. The van der Waals surface area contributed by atoms with Gasteiger partial charge in [-0.1, -0.05) is 28.1 Å². The predicted octanol–water partition coefficient (Wildman–Crippen LogP) is 4.16. The van der Waals surface area contributed by atoms with Crippen molar-refractivity contribution in [2.75, 3.05) is 0 Å². The average molecular weight is 398 g/mol. The molecular weight excluding hydrogens is 386 g/mol. The zero-order valence-corrected chi connectivity index (χ0v) is 14.7. The van der Waals surface area contributed by atoms with Crippen molar-refractivity contribution in [2.45, 2.75) is 6.92 Å². The second-order valence-electron chi connectivity index (χ2n) is 5.53. The lowest BCUT2D eigenvalue weighted by Gasteiger charge is -2.22. The summed E-state index contributed by atoms with van der Waals surface area (Å²) in [6, 6.07) is 11.3. The number of fused-ring (bicyclic) bond motifs is 1. The number of allylic oxidation sites excluding steroid dienone is 1. The van der Waals surface area contributed by atoms with Crippen molar-refractivity contribution in [2.24, 2.45) is 4.99 Å². The Morgan fingerprint density at radius 3 is 2.72 bits per heavy atom. The van der Waals surface area contributed by atoms with Gasteiger partial charge in [0, 0.05) is 16.1 Å². The third-order valence-corrected chi connectivity index (χ3v) is 4.25. The first kappa shape index (κ1) is 15.6. The Morgan fingerprint density at radius 1 is 1.20 bits per heavy atom. The van der Waals surface area contributed by atoms with Crippen molar-refractivity contribution in [1.29, 1.82) is 5.41 Å². The number of rotatable bonds is 2. The fraction of sp³-hybridized carbons (Fsp3) is 0.0556. The summed E-state index contributed by atoms with van der Waals surface area (Å²) in [4.78, 5) is 21.6. The molecular formula is C18H12BrN3O3. The molecule has 6 nitrogen and oxygen atoms in total. The number of nitrogens with zero attached hydrogens (tertiary/aromatic N) is 2. The fourth-order valence-corrected chi connectivity index (χ4v) is 2.81. The normalized spacial score (nSPS) is 18.2. The third kappa shape index (κ3) is 2.83. The molecule has 1 N–H and O–H groups in total. The number of nitrogens with one attached hydrogen (secondary N) is 1. The number of amides is 1. The Kier molecular flexibility index (Phi) is 3.65. The number of furan rings is 1. The Labute approximate surface area is 151 Å². The van der Waals surface area contributed by atoms with Crippen molar-refractivity contribution in [3.05, 3.63) is 64.0 Å². The van der Waals surface area contributed by atoms with Crippen LogP contribution in [0.4, 0.5) is 0 Å². The van der Waals surface area contributed by atoms with Gasteiger partial charge in [0.1, 0.15) is 17.3 Å². The molecule has 0 saturated heterocycles. The van der Waals surface area contributed by atoms with Crippen molar-refractivity contribution in [3.8, 4) is 11.3 Å². The van der Waals surface area contributed by atoms with Gasteiger partial charge < -0.3 is 9.25 Å². The lowest BCUT2D eigenvalue weighted by atomic mass is 10.1. The molecule has 124 valence electrons. The van der Waals surface area contributed by atoms with E-state index in [2.05, 4.69) is 20.9 Å². The molecule has 1 aromatic heterocycles. The number of hydroxylamine groups is 2. The maximum absolute atomic E-state index is 12.2. The van der Waals surface area contributed by atoms with Crippen LogP contribution in [-0.4, -0.2) is 22.6 Å². The van der Waals surface area contributed by atoms with Crippen LogP contribution in [0.25, 0.3) is 17.4 Å². The number of halogens is 1. The van der Waals surface area contributed by atoms with E-state index in [1.54, 1.807) is 19.1 Å². The highest BCUT2D eigenvalue weighted by atomic mass is 79.9. The highest BCUT2D eigenvalue weighted by Crippen LogP contribution is 2.27. The summed E-state index contributed by atoms with van der Waals surface area (Å²) in [5.41, 5.74) is 1.03. The molecule has 0 fully saturated rings. The highest BCUT2D eigenvalue weighted by Gasteiger charge is 2.34. The Bertz CT molecular complexity index is 983. The topological polar surface area (TPSA) is 78.9 Å². The van der Waals surface area contributed by atoms with E-state index >= 15 is 0 Å². The Morgan fingerprint density at radius 2 is 1.96 bits per heavy atom. The summed E-state index contributed by atoms with van der Waals surface area (Å²) < 4.78 is 6.76. The minimum atomic E-state index is -0.493. The van der Waals surface area contributed by atoms with Gasteiger partial charge >= 0.3 is 0 Å². The van der Waals surface area contributed by atoms with Gasteiger partial charge in [0.05, 0.1) is 5.57 Å². The van der Waals surface area contributed by atoms with E-state index in [-0.39, 0.29) is 11.4 Å². The van der Waals surface area contributed by atoms with Gasteiger partial charge in [-0.2, -0.15) is 4.99 Å². The van der Waals surface area contributed by atoms with Crippen molar-refractivity contribution in [1.82, 2.24) is 5.06 Å². The molecule has 25 heavy (non-hydrogen) atoms. The number of aliphatic imine (C=N–C) groups is 1. The molecule has 0 atom stereocenters. The first-order valence-corrected chi connectivity index (χ1v) is 8.26. The van der Waals surface area contributed by atoms with Gasteiger partial charge in [-0.25, -0.2) is 0 Å². The van der Waals surface area contributed by atoms with Crippen molar-refractivity contribution < 1.29 is 14.0 Å². The van der Waals surface area contributed by atoms with Crippen molar-refractivity contribution >= 4 is 39.6 Å². The zero-order valence-electron chi connectivity index (χ0n) is 13.1. The quantitative estimate of drug-likeness (QED) is 0.771. The van der Waals surface area contributed by atoms with Gasteiger partial charge in [0.2, 0.25) is 0 Å². The number of carbonyl (C=O) groups excluding carboxylic acids is 1. The van der Waals surface area contributed by atoms with Gasteiger partial charge in [-0.3, -0.25) is 10.2 Å². The van der Waals surface area contributed by atoms with Crippen LogP contribution >= 0.6 is 15.9 Å². The molecule has 7 heteroatoms. The van der Waals surface area contributed by atoms with E-state index in [1.807, 2.05) is 30.3 Å². The van der Waals surface area contributed by atoms with E-state index in [1.165, 1.54) is 11.1 Å². The molecule has 0 bridgehead atoms. The lowest BCUT2D eigenvalue weighted by Crippen LogP contribution is -2.38. The molecule has 2 aromatic rings. The van der Waals surface area contributed by atoms with E-state index in [0.717, 1.165) is 10.0 Å². The smallest absolute Gasteiger partial charge is 0.283 e. The molecule has 0 unspecified atom stereocenters. The summed E-state index contributed by atoms with van der Waals surface area (Å²) in [6.07, 6.45) is 3.12. The second kappa shape index (κ2) is 5.86. The molecule has 0 spiro atoms. The minimum Gasteiger partial charge on any atom is -0.457 e. The third-order valence-electron chi connectivity index (χ3n) is 3.72. The number of hydrogen-bond acceptors (Lipinski definition) is 4. The monoisotopic (exact) mass is 397 g/mol. The van der Waals surface area contributed by atoms with Crippen molar-refractivity contribution in [3.63, 3.8) is 0 Å². The largest absolute Gasteiger partial charge is 0.457 e. The lowest BCUT2D eigenvalue weighted by molar-refractivity contribution is -0.114. The first-order valence-electron chi connectivity index (χ1n) is 7.47. The number of hydrogen-bond donors (Lipinski definition) is 1. The SMILES string of the molecule is CC1=CC2=NC(=O)/C(=C/c3ccc(-c4ccc(Br)cc4)o3)C(=N)N2O1. The van der Waals surface area contributed by atoms with Crippen LogP contribution in [0.15, 0.2) is 67.7 Å². The molecule has 4 rings (SSSR count). The molecule has 1 amide bonds. The maximum atomic E-state index is 12.2. The van der Waals surface area contributed by atoms with Crippen LogP contribution in [0, 0.1) is 5.41 Å². The van der Waals surface area contributed by atoms with E-state index in [4.69, 9.17) is 14.7 Å². The predicted molar refractivity (Wildman–Crippen MR) is 96.7 cm³/mol. The van der Waals surface area contributed by atoms with E-state index in [0.29, 0.717) is 23.1 Å². The Balaban J connectivity index is 1.65. The molecule has 3 heterocycles. The van der Waals surface area contributed by atoms with Gasteiger partial charge in [0.15, 0.2) is 11.7 Å². The summed E-state index contributed by atoms with van der Waals surface area (Å²) in [5.74, 6) is 1.48. The van der Waals surface area contributed by atoms with Crippen LogP contribution in [-0.2, 0) is 9.63 Å². The number of carbonyl (C=O) groups is 1. The highest BCUT2D eigenvalue weighted by molar-refractivity contribution is 9.10. The van der Waals surface area contributed by atoms with Crippen LogP contribution in [0.1, 0.15) is 12.7 Å². The van der Waals surface area contributed by atoms with E-state index in [9.17, 15) is 4.79 Å². The number of amidine groups is 2. The van der Waals surface area contributed by atoms with Crippen LogP contribution in [0.3, 0.4) is 0 Å². The van der Waals surface area contributed by atoms with Crippen LogP contribution in [0.5, 0.6) is 0 Å². The Hall–Kier alpha value is -2.93. The summed E-state index contributed by atoms with van der Waals surface area (Å²) in [7, 11) is 0. The van der Waals surface area contributed by atoms with E-state index < -0.39 is 5.91 Å². The van der Waals surface area contributed by atoms with Crippen LogP contribution < -0.4 is 0 Å². The molecule has 0 aliphatic carbocycles. The van der Waals surface area contributed by atoms with Gasteiger partial charge in [-0.05, 0) is 37.3 Å². The molecule has 2 aliphatic heterocycles. The summed E-state index contributed by atoms with van der Waals surface area (Å²) in [5, 5.41) is 9.41. The maximum Gasteiger partial charge on any atom is 0.283 e. The molecule has 0 saturated carbocycles. The van der Waals surface area contributed by atoms with Crippen LogP contribution in [0.2, 0.25) is 0 Å². The standard InChI is InChI=1S/C18H12BrN3O3/c1-10-8-16-21-18(23)14(17(20)22(16)25-10)9-13-6-7-15(24-13)11-2-4-12(19)5-3-11/h2-9,20H,1H3/b14-9+,20-17?. The zero-order chi connectivity index (χ0) is 17.6. The molecule has 2 aliphatic rings.